The first kappa shape index (κ1) is 17.7. The van der Waals surface area contributed by atoms with E-state index in [9.17, 15) is 4.79 Å². The van der Waals surface area contributed by atoms with Crippen molar-refractivity contribution in [2.45, 2.75) is 19.4 Å². The van der Waals surface area contributed by atoms with Crippen molar-refractivity contribution in [3.63, 3.8) is 0 Å². The van der Waals surface area contributed by atoms with Crippen molar-refractivity contribution >= 4 is 11.9 Å². The van der Waals surface area contributed by atoms with Crippen LogP contribution in [-0.4, -0.2) is 66.3 Å². The summed E-state index contributed by atoms with van der Waals surface area (Å²) in [4.78, 5) is 25.1. The standard InChI is InChI=1S/C20H24N4O3/c1-2-15-4-3-5-17(10-15)27-18-13-24(14-18)19(25)16-11-21-20(22-12-16)23-6-8-26-9-7-23/h3-5,10-12,18H,2,6-9,13-14H2,1H3. The van der Waals surface area contributed by atoms with Crippen LogP contribution in [0, 0.1) is 0 Å². The largest absolute Gasteiger partial charge is 0.487 e. The van der Waals surface area contributed by atoms with Crippen molar-refractivity contribution in [1.29, 1.82) is 0 Å². The number of likely N-dealkylation sites (tertiary alicyclic amines) is 1. The number of amides is 1. The van der Waals surface area contributed by atoms with E-state index in [2.05, 4.69) is 33.9 Å². The van der Waals surface area contributed by atoms with Crippen LogP contribution in [0.15, 0.2) is 36.7 Å². The van der Waals surface area contributed by atoms with Gasteiger partial charge in [0.1, 0.15) is 11.9 Å². The molecule has 2 aromatic rings. The summed E-state index contributed by atoms with van der Waals surface area (Å²) >= 11 is 0. The lowest BCUT2D eigenvalue weighted by molar-refractivity contribution is 0.0177. The van der Waals surface area contributed by atoms with Gasteiger partial charge in [0.05, 0.1) is 31.9 Å². The number of aryl methyl sites for hydroxylation is 1. The minimum absolute atomic E-state index is 0.0367. The summed E-state index contributed by atoms with van der Waals surface area (Å²) in [5.74, 6) is 1.46. The highest BCUT2D eigenvalue weighted by atomic mass is 16.5. The topological polar surface area (TPSA) is 67.8 Å². The van der Waals surface area contributed by atoms with E-state index in [-0.39, 0.29) is 12.0 Å². The van der Waals surface area contributed by atoms with Crippen LogP contribution < -0.4 is 9.64 Å². The molecule has 0 N–H and O–H groups in total. The SMILES string of the molecule is CCc1cccc(OC2CN(C(=O)c3cnc(N4CCOCC4)nc3)C2)c1. The summed E-state index contributed by atoms with van der Waals surface area (Å²) in [6, 6.07) is 8.11. The third-order valence-electron chi connectivity index (χ3n) is 4.92. The first-order valence-corrected chi connectivity index (χ1v) is 9.42. The van der Waals surface area contributed by atoms with E-state index in [0.717, 1.165) is 25.3 Å². The number of aromatic nitrogens is 2. The molecule has 1 amide bonds. The maximum absolute atomic E-state index is 12.6. The Kier molecular flexibility index (Phi) is 5.20. The Hall–Kier alpha value is -2.67. The Bertz CT molecular complexity index is 784. The summed E-state index contributed by atoms with van der Waals surface area (Å²) in [5, 5.41) is 0. The zero-order chi connectivity index (χ0) is 18.6. The number of carbonyl (C=O) groups excluding carboxylic acids is 1. The number of morpholine rings is 1. The number of carbonyl (C=O) groups is 1. The highest BCUT2D eigenvalue weighted by Gasteiger charge is 2.33. The highest BCUT2D eigenvalue weighted by Crippen LogP contribution is 2.21. The van der Waals surface area contributed by atoms with Gasteiger partial charge in [0, 0.05) is 25.5 Å². The maximum Gasteiger partial charge on any atom is 0.257 e. The molecule has 27 heavy (non-hydrogen) atoms. The molecule has 4 rings (SSSR count). The molecule has 2 fully saturated rings. The van der Waals surface area contributed by atoms with Crippen molar-refractivity contribution < 1.29 is 14.3 Å². The zero-order valence-corrected chi connectivity index (χ0v) is 15.5. The molecule has 0 bridgehead atoms. The molecule has 0 atom stereocenters. The van der Waals surface area contributed by atoms with Gasteiger partial charge in [-0.2, -0.15) is 0 Å². The minimum Gasteiger partial charge on any atom is -0.487 e. The van der Waals surface area contributed by atoms with Gasteiger partial charge in [0.25, 0.3) is 5.91 Å². The normalized spacial score (nSPS) is 17.5. The van der Waals surface area contributed by atoms with Crippen LogP contribution >= 0.6 is 0 Å². The molecular weight excluding hydrogens is 344 g/mol. The van der Waals surface area contributed by atoms with Crippen LogP contribution in [0.25, 0.3) is 0 Å². The van der Waals surface area contributed by atoms with Gasteiger partial charge in [-0.15, -0.1) is 0 Å². The monoisotopic (exact) mass is 368 g/mol. The fraction of sp³-hybridized carbons (Fsp3) is 0.450. The number of nitrogens with zero attached hydrogens (tertiary/aromatic N) is 4. The molecular formula is C20H24N4O3. The van der Waals surface area contributed by atoms with Crippen molar-refractivity contribution in [2.24, 2.45) is 0 Å². The molecule has 7 nitrogen and oxygen atoms in total. The molecule has 2 saturated heterocycles. The molecule has 0 spiro atoms. The van der Waals surface area contributed by atoms with Crippen LogP contribution in [0.3, 0.4) is 0 Å². The second-order valence-corrected chi connectivity index (χ2v) is 6.82. The Balaban J connectivity index is 1.30. The van der Waals surface area contributed by atoms with E-state index >= 15 is 0 Å². The van der Waals surface area contributed by atoms with Gasteiger partial charge >= 0.3 is 0 Å². The van der Waals surface area contributed by atoms with Gasteiger partial charge in [-0.05, 0) is 24.1 Å². The second-order valence-electron chi connectivity index (χ2n) is 6.82. The smallest absolute Gasteiger partial charge is 0.257 e. The van der Waals surface area contributed by atoms with E-state index < -0.39 is 0 Å². The molecule has 1 aromatic carbocycles. The van der Waals surface area contributed by atoms with Crippen LogP contribution in [0.5, 0.6) is 5.75 Å². The molecule has 2 aliphatic rings. The minimum atomic E-state index is -0.0503. The predicted molar refractivity (Wildman–Crippen MR) is 101 cm³/mol. The van der Waals surface area contributed by atoms with Crippen molar-refractivity contribution in [3.05, 3.63) is 47.8 Å². The van der Waals surface area contributed by atoms with Crippen molar-refractivity contribution in [1.82, 2.24) is 14.9 Å². The Morgan fingerprint density at radius 2 is 1.96 bits per heavy atom. The number of anilines is 1. The number of hydrogen-bond donors (Lipinski definition) is 0. The summed E-state index contributed by atoms with van der Waals surface area (Å²) in [6.07, 6.45) is 4.24. The number of hydrogen-bond acceptors (Lipinski definition) is 6. The van der Waals surface area contributed by atoms with Gasteiger partial charge in [-0.3, -0.25) is 4.79 Å². The fourth-order valence-corrected chi connectivity index (χ4v) is 3.25. The van der Waals surface area contributed by atoms with E-state index in [1.807, 2.05) is 12.1 Å². The van der Waals surface area contributed by atoms with Gasteiger partial charge in [-0.25, -0.2) is 9.97 Å². The number of ether oxygens (including phenoxy) is 2. The fourth-order valence-electron chi connectivity index (χ4n) is 3.25. The lowest BCUT2D eigenvalue weighted by atomic mass is 10.1. The summed E-state index contributed by atoms with van der Waals surface area (Å²) in [6.45, 7) is 6.20. The predicted octanol–water partition coefficient (Wildman–Crippen LogP) is 1.78. The lowest BCUT2D eigenvalue weighted by Gasteiger charge is -2.39. The maximum atomic E-state index is 12.6. The van der Waals surface area contributed by atoms with Crippen molar-refractivity contribution in [2.75, 3.05) is 44.3 Å². The Morgan fingerprint density at radius 3 is 2.67 bits per heavy atom. The zero-order valence-electron chi connectivity index (χ0n) is 15.5. The number of rotatable bonds is 5. The third-order valence-corrected chi connectivity index (χ3v) is 4.92. The van der Waals surface area contributed by atoms with E-state index in [1.54, 1.807) is 17.3 Å². The Labute approximate surface area is 158 Å². The van der Waals surface area contributed by atoms with Gasteiger partial charge in [0.2, 0.25) is 5.95 Å². The summed E-state index contributed by atoms with van der Waals surface area (Å²) in [5.41, 5.74) is 1.76. The summed E-state index contributed by atoms with van der Waals surface area (Å²) < 4.78 is 11.3. The van der Waals surface area contributed by atoms with Gasteiger partial charge in [0.15, 0.2) is 0 Å². The molecule has 142 valence electrons. The molecule has 2 aliphatic heterocycles. The average molecular weight is 368 g/mol. The number of benzene rings is 1. The first-order chi connectivity index (χ1) is 13.2. The molecule has 0 aliphatic carbocycles. The lowest BCUT2D eigenvalue weighted by Crippen LogP contribution is -2.56. The molecule has 0 unspecified atom stereocenters. The molecule has 0 saturated carbocycles. The molecule has 1 aromatic heterocycles. The van der Waals surface area contributed by atoms with E-state index in [4.69, 9.17) is 9.47 Å². The van der Waals surface area contributed by atoms with Gasteiger partial charge < -0.3 is 19.3 Å². The van der Waals surface area contributed by atoms with E-state index in [1.165, 1.54) is 5.56 Å². The Morgan fingerprint density at radius 1 is 1.22 bits per heavy atom. The second kappa shape index (κ2) is 7.92. The quantitative estimate of drug-likeness (QED) is 0.801. The van der Waals surface area contributed by atoms with Crippen LogP contribution in [0.4, 0.5) is 5.95 Å². The van der Waals surface area contributed by atoms with Gasteiger partial charge in [-0.1, -0.05) is 19.1 Å². The molecule has 7 heteroatoms. The highest BCUT2D eigenvalue weighted by molar-refractivity contribution is 5.94. The van der Waals surface area contributed by atoms with E-state index in [0.29, 0.717) is 37.8 Å². The summed E-state index contributed by atoms with van der Waals surface area (Å²) in [7, 11) is 0. The first-order valence-electron chi connectivity index (χ1n) is 9.42. The van der Waals surface area contributed by atoms with Crippen LogP contribution in [-0.2, 0) is 11.2 Å². The third kappa shape index (κ3) is 4.03. The molecule has 0 radical (unpaired) electrons. The average Bonchev–Trinajstić information content (AvgIpc) is 2.71. The molecule has 3 heterocycles. The van der Waals surface area contributed by atoms with Crippen LogP contribution in [0.1, 0.15) is 22.8 Å². The van der Waals surface area contributed by atoms with Crippen molar-refractivity contribution in [3.8, 4) is 5.75 Å². The van der Waals surface area contributed by atoms with Crippen LogP contribution in [0.2, 0.25) is 0 Å².